The Morgan fingerprint density at radius 1 is 1.08 bits per heavy atom. The SMILES string of the molecule is CCN1CCN(CCC(=O)N[C@H](C)c2ccc3c(c2)CCCC3)CC1. The first-order chi connectivity index (χ1) is 12.2. The van der Waals surface area contributed by atoms with Gasteiger partial charge in [0.25, 0.3) is 0 Å². The lowest BCUT2D eigenvalue weighted by molar-refractivity contribution is -0.122. The lowest BCUT2D eigenvalue weighted by Crippen LogP contribution is -2.47. The standard InChI is InChI=1S/C21H33N3O/c1-3-23-12-14-24(15-13-23)11-10-21(25)22-17(2)19-9-8-18-6-4-5-7-20(18)16-19/h8-9,16-17H,3-7,10-15H2,1-2H3,(H,22,25)/t17-/m1/s1. The fourth-order valence-electron chi connectivity index (χ4n) is 4.01. The van der Waals surface area contributed by atoms with E-state index in [-0.39, 0.29) is 11.9 Å². The van der Waals surface area contributed by atoms with Crippen LogP contribution in [0.5, 0.6) is 0 Å². The molecule has 1 saturated heterocycles. The molecule has 1 aromatic carbocycles. The molecule has 1 aliphatic heterocycles. The molecule has 25 heavy (non-hydrogen) atoms. The lowest BCUT2D eigenvalue weighted by Gasteiger charge is -2.33. The Hall–Kier alpha value is -1.39. The van der Waals surface area contributed by atoms with Crippen LogP contribution in [0.15, 0.2) is 18.2 Å². The monoisotopic (exact) mass is 343 g/mol. The van der Waals surface area contributed by atoms with Crippen LogP contribution in [0.1, 0.15) is 55.8 Å². The summed E-state index contributed by atoms with van der Waals surface area (Å²) in [5.74, 6) is 0.170. The zero-order chi connectivity index (χ0) is 17.6. The number of amides is 1. The number of carbonyl (C=O) groups excluding carboxylic acids is 1. The predicted octanol–water partition coefficient (Wildman–Crippen LogP) is 2.77. The molecule has 1 aromatic rings. The molecule has 0 radical (unpaired) electrons. The Morgan fingerprint density at radius 3 is 2.48 bits per heavy atom. The molecule has 1 atom stereocenters. The van der Waals surface area contributed by atoms with E-state index in [1.807, 2.05) is 0 Å². The van der Waals surface area contributed by atoms with Crippen LogP contribution in [0.4, 0.5) is 0 Å². The Balaban J connectivity index is 1.44. The Morgan fingerprint density at radius 2 is 1.76 bits per heavy atom. The lowest BCUT2D eigenvalue weighted by atomic mass is 9.89. The van der Waals surface area contributed by atoms with E-state index < -0.39 is 0 Å². The van der Waals surface area contributed by atoms with E-state index in [0.29, 0.717) is 6.42 Å². The molecule has 1 amide bonds. The van der Waals surface area contributed by atoms with E-state index in [1.165, 1.54) is 42.4 Å². The minimum Gasteiger partial charge on any atom is -0.350 e. The van der Waals surface area contributed by atoms with Gasteiger partial charge in [-0.2, -0.15) is 0 Å². The highest BCUT2D eigenvalue weighted by atomic mass is 16.1. The van der Waals surface area contributed by atoms with Crippen molar-refractivity contribution in [3.63, 3.8) is 0 Å². The Kier molecular flexibility index (Phi) is 6.49. The Labute approximate surface area is 152 Å². The van der Waals surface area contributed by atoms with Gasteiger partial charge in [-0.1, -0.05) is 25.1 Å². The summed E-state index contributed by atoms with van der Waals surface area (Å²) >= 11 is 0. The molecule has 0 bridgehead atoms. The van der Waals surface area contributed by atoms with Crippen molar-refractivity contribution in [2.75, 3.05) is 39.3 Å². The highest BCUT2D eigenvalue weighted by Gasteiger charge is 2.17. The third-order valence-electron chi connectivity index (χ3n) is 5.82. The predicted molar refractivity (Wildman–Crippen MR) is 103 cm³/mol. The summed E-state index contributed by atoms with van der Waals surface area (Å²) in [6.07, 6.45) is 5.60. The topological polar surface area (TPSA) is 35.6 Å². The van der Waals surface area contributed by atoms with Crippen molar-refractivity contribution < 1.29 is 4.79 Å². The van der Waals surface area contributed by atoms with Crippen molar-refractivity contribution in [3.05, 3.63) is 34.9 Å². The second-order valence-electron chi connectivity index (χ2n) is 7.55. The van der Waals surface area contributed by atoms with Gasteiger partial charge in [-0.25, -0.2) is 0 Å². The van der Waals surface area contributed by atoms with E-state index >= 15 is 0 Å². The van der Waals surface area contributed by atoms with Gasteiger partial charge in [0, 0.05) is 39.1 Å². The molecule has 138 valence electrons. The molecule has 3 rings (SSSR count). The number of benzene rings is 1. The van der Waals surface area contributed by atoms with Gasteiger partial charge in [-0.3, -0.25) is 4.79 Å². The minimum absolute atomic E-state index is 0.0941. The number of likely N-dealkylation sites (N-methyl/N-ethyl adjacent to an activating group) is 1. The molecular weight excluding hydrogens is 310 g/mol. The highest BCUT2D eigenvalue weighted by molar-refractivity contribution is 5.76. The number of carbonyl (C=O) groups is 1. The maximum atomic E-state index is 12.3. The summed E-state index contributed by atoms with van der Waals surface area (Å²) < 4.78 is 0. The molecule has 0 aromatic heterocycles. The number of nitrogens with zero attached hydrogens (tertiary/aromatic N) is 2. The summed E-state index contributed by atoms with van der Waals surface area (Å²) in [6, 6.07) is 6.86. The van der Waals surface area contributed by atoms with Gasteiger partial charge in [-0.15, -0.1) is 0 Å². The van der Waals surface area contributed by atoms with Crippen molar-refractivity contribution in [1.29, 1.82) is 0 Å². The normalized spacial score (nSPS) is 20.1. The zero-order valence-corrected chi connectivity index (χ0v) is 15.9. The summed E-state index contributed by atoms with van der Waals surface area (Å²) in [5.41, 5.74) is 4.23. The van der Waals surface area contributed by atoms with Gasteiger partial charge >= 0.3 is 0 Å². The van der Waals surface area contributed by atoms with Gasteiger partial charge in [0.05, 0.1) is 6.04 Å². The summed E-state index contributed by atoms with van der Waals surface area (Å²) in [5, 5.41) is 3.19. The van der Waals surface area contributed by atoms with Crippen LogP contribution in [-0.4, -0.2) is 55.0 Å². The van der Waals surface area contributed by atoms with Crippen LogP contribution in [0.25, 0.3) is 0 Å². The summed E-state index contributed by atoms with van der Waals surface area (Å²) in [6.45, 7) is 10.7. The molecule has 1 aliphatic carbocycles. The highest BCUT2D eigenvalue weighted by Crippen LogP contribution is 2.24. The number of aryl methyl sites for hydroxylation is 2. The first-order valence-corrected chi connectivity index (χ1v) is 10.0. The number of hydrogen-bond donors (Lipinski definition) is 1. The van der Waals surface area contributed by atoms with Crippen LogP contribution in [0, 0.1) is 0 Å². The quantitative estimate of drug-likeness (QED) is 0.863. The van der Waals surface area contributed by atoms with E-state index in [4.69, 9.17) is 0 Å². The molecular formula is C21H33N3O. The average Bonchev–Trinajstić information content (AvgIpc) is 2.66. The molecule has 0 saturated carbocycles. The molecule has 1 N–H and O–H groups in total. The van der Waals surface area contributed by atoms with Crippen LogP contribution in [0.2, 0.25) is 0 Å². The van der Waals surface area contributed by atoms with Gasteiger partial charge in [0.15, 0.2) is 0 Å². The molecule has 0 unspecified atom stereocenters. The van der Waals surface area contributed by atoms with Gasteiger partial charge in [0.1, 0.15) is 0 Å². The van der Waals surface area contributed by atoms with Crippen LogP contribution in [0.3, 0.4) is 0 Å². The fraction of sp³-hybridized carbons (Fsp3) is 0.667. The molecule has 1 fully saturated rings. The first kappa shape index (κ1) is 18.4. The van der Waals surface area contributed by atoms with E-state index in [2.05, 4.69) is 47.2 Å². The second-order valence-corrected chi connectivity index (χ2v) is 7.55. The smallest absolute Gasteiger partial charge is 0.221 e. The van der Waals surface area contributed by atoms with Crippen molar-refractivity contribution in [2.45, 2.75) is 52.0 Å². The minimum atomic E-state index is 0.0941. The number of hydrogen-bond acceptors (Lipinski definition) is 3. The molecule has 4 heteroatoms. The molecule has 2 aliphatic rings. The van der Waals surface area contributed by atoms with Crippen molar-refractivity contribution in [3.8, 4) is 0 Å². The van der Waals surface area contributed by atoms with Crippen LogP contribution in [-0.2, 0) is 17.6 Å². The van der Waals surface area contributed by atoms with Crippen molar-refractivity contribution >= 4 is 5.91 Å². The Bertz CT molecular complexity index is 579. The van der Waals surface area contributed by atoms with Crippen LogP contribution < -0.4 is 5.32 Å². The number of rotatable bonds is 6. The van der Waals surface area contributed by atoms with Crippen molar-refractivity contribution in [2.24, 2.45) is 0 Å². The van der Waals surface area contributed by atoms with Crippen molar-refractivity contribution in [1.82, 2.24) is 15.1 Å². The maximum Gasteiger partial charge on any atom is 0.221 e. The molecule has 1 heterocycles. The zero-order valence-electron chi connectivity index (χ0n) is 15.9. The summed E-state index contributed by atoms with van der Waals surface area (Å²) in [7, 11) is 0. The largest absolute Gasteiger partial charge is 0.350 e. The van der Waals surface area contributed by atoms with E-state index in [9.17, 15) is 4.79 Å². The number of nitrogens with one attached hydrogen (secondary N) is 1. The number of fused-ring (bicyclic) bond motifs is 1. The fourth-order valence-corrected chi connectivity index (χ4v) is 4.01. The first-order valence-electron chi connectivity index (χ1n) is 10.0. The van der Waals surface area contributed by atoms with Gasteiger partial charge < -0.3 is 15.1 Å². The molecule has 0 spiro atoms. The third kappa shape index (κ3) is 5.05. The maximum absolute atomic E-state index is 12.3. The van der Waals surface area contributed by atoms with E-state index in [0.717, 1.165) is 39.3 Å². The van der Waals surface area contributed by atoms with Gasteiger partial charge in [-0.05, 0) is 55.8 Å². The van der Waals surface area contributed by atoms with Crippen LogP contribution >= 0.6 is 0 Å². The number of piperazine rings is 1. The van der Waals surface area contributed by atoms with E-state index in [1.54, 1.807) is 0 Å². The van der Waals surface area contributed by atoms with Gasteiger partial charge in [0.2, 0.25) is 5.91 Å². The average molecular weight is 344 g/mol. The third-order valence-corrected chi connectivity index (χ3v) is 5.82. The summed E-state index contributed by atoms with van der Waals surface area (Å²) in [4.78, 5) is 17.2. The second kappa shape index (κ2) is 8.81. The molecule has 4 nitrogen and oxygen atoms in total.